The van der Waals surface area contributed by atoms with E-state index in [0.29, 0.717) is 11.8 Å². The molecule has 4 N–H and O–H groups in total. The molecule has 0 aliphatic carbocycles. The van der Waals surface area contributed by atoms with Crippen LogP contribution in [0.1, 0.15) is 0 Å². The number of carbonyl (C=O) groups is 3. The van der Waals surface area contributed by atoms with E-state index in [2.05, 4.69) is 5.32 Å². The fraction of sp³-hybridized carbons (Fsp3) is 0.700. The zero-order chi connectivity index (χ0) is 14.3. The first kappa shape index (κ1) is 16.0. The minimum absolute atomic E-state index is 0.322. The molecule has 0 aromatic heterocycles. The molecule has 1 aliphatic rings. The number of amides is 3. The van der Waals surface area contributed by atoms with E-state index in [1.165, 1.54) is 0 Å². The van der Waals surface area contributed by atoms with Crippen molar-refractivity contribution in [3.8, 4) is 0 Å². The standard InChI is InChI=1S/C10H17N3O4S2/c11-8(14)4-13(5-9(15)16)10(17)12-3-7-6-18-1-2-19-7/h7H,1-6H2,(H2,11,14)(H,12,17)(H,15,16). The zero-order valence-corrected chi connectivity index (χ0v) is 12.0. The van der Waals surface area contributed by atoms with Gasteiger partial charge in [0.15, 0.2) is 0 Å². The molecule has 1 fully saturated rings. The zero-order valence-electron chi connectivity index (χ0n) is 10.3. The van der Waals surface area contributed by atoms with Gasteiger partial charge in [-0.05, 0) is 0 Å². The molecule has 1 rings (SSSR count). The number of carboxylic acids is 1. The van der Waals surface area contributed by atoms with Crippen molar-refractivity contribution < 1.29 is 19.5 Å². The Bertz CT molecular complexity index is 332. The summed E-state index contributed by atoms with van der Waals surface area (Å²) in [5, 5.41) is 11.6. The minimum atomic E-state index is -1.18. The molecule has 1 aliphatic heterocycles. The van der Waals surface area contributed by atoms with E-state index < -0.39 is 31.0 Å². The molecule has 1 heterocycles. The number of nitrogens with two attached hydrogens (primary N) is 1. The van der Waals surface area contributed by atoms with E-state index in [-0.39, 0.29) is 0 Å². The van der Waals surface area contributed by atoms with Crippen LogP contribution in [0.3, 0.4) is 0 Å². The van der Waals surface area contributed by atoms with E-state index in [1.807, 2.05) is 11.8 Å². The van der Waals surface area contributed by atoms with E-state index in [0.717, 1.165) is 22.2 Å². The van der Waals surface area contributed by atoms with Gasteiger partial charge in [0.1, 0.15) is 13.1 Å². The third-order valence-electron chi connectivity index (χ3n) is 2.33. The molecule has 19 heavy (non-hydrogen) atoms. The molecule has 108 valence electrons. The molecule has 0 radical (unpaired) electrons. The second-order valence-electron chi connectivity index (χ2n) is 3.97. The van der Waals surface area contributed by atoms with Crippen molar-refractivity contribution in [2.24, 2.45) is 5.73 Å². The number of thioether (sulfide) groups is 2. The Kier molecular flexibility index (Phi) is 6.85. The summed E-state index contributed by atoms with van der Waals surface area (Å²) >= 11 is 3.61. The Hall–Kier alpha value is -1.09. The van der Waals surface area contributed by atoms with Crippen LogP contribution in [0.15, 0.2) is 0 Å². The molecule has 1 unspecified atom stereocenters. The summed E-state index contributed by atoms with van der Waals surface area (Å²) in [7, 11) is 0. The molecule has 1 atom stereocenters. The number of carboxylic acid groups (broad SMARTS) is 1. The number of hydrogen-bond acceptors (Lipinski definition) is 5. The Balaban J connectivity index is 2.41. The van der Waals surface area contributed by atoms with Crippen molar-refractivity contribution in [3.05, 3.63) is 0 Å². The largest absolute Gasteiger partial charge is 0.480 e. The van der Waals surface area contributed by atoms with Crippen LogP contribution in [0.25, 0.3) is 0 Å². The summed E-state index contributed by atoms with van der Waals surface area (Å²) in [5.74, 6) is 1.20. The van der Waals surface area contributed by atoms with Crippen molar-refractivity contribution in [1.29, 1.82) is 0 Å². The molecule has 3 amide bonds. The van der Waals surface area contributed by atoms with Crippen LogP contribution in [0.4, 0.5) is 4.79 Å². The highest BCUT2D eigenvalue weighted by molar-refractivity contribution is 8.06. The molecular formula is C10H17N3O4S2. The Morgan fingerprint density at radius 2 is 2.05 bits per heavy atom. The Morgan fingerprint density at radius 3 is 2.58 bits per heavy atom. The van der Waals surface area contributed by atoms with E-state index in [4.69, 9.17) is 10.8 Å². The normalized spacial score (nSPS) is 18.6. The van der Waals surface area contributed by atoms with Gasteiger partial charge in [0.2, 0.25) is 5.91 Å². The van der Waals surface area contributed by atoms with Crippen molar-refractivity contribution in [3.63, 3.8) is 0 Å². The SMILES string of the molecule is NC(=O)CN(CC(=O)O)C(=O)NCC1CSCCS1. The van der Waals surface area contributed by atoms with E-state index in [1.54, 1.807) is 11.8 Å². The number of urea groups is 1. The summed E-state index contributed by atoms with van der Waals surface area (Å²) in [5.41, 5.74) is 4.98. The van der Waals surface area contributed by atoms with Crippen molar-refractivity contribution in [1.82, 2.24) is 10.2 Å². The number of primary amides is 1. The van der Waals surface area contributed by atoms with E-state index >= 15 is 0 Å². The molecule has 0 aromatic carbocycles. The van der Waals surface area contributed by atoms with Crippen molar-refractivity contribution >= 4 is 41.4 Å². The lowest BCUT2D eigenvalue weighted by molar-refractivity contribution is -0.137. The molecule has 9 heteroatoms. The van der Waals surface area contributed by atoms with Gasteiger partial charge in [-0.3, -0.25) is 9.59 Å². The maximum Gasteiger partial charge on any atom is 0.323 e. The van der Waals surface area contributed by atoms with Crippen LogP contribution in [0.2, 0.25) is 0 Å². The predicted molar refractivity (Wildman–Crippen MR) is 75.4 cm³/mol. The van der Waals surface area contributed by atoms with Crippen molar-refractivity contribution in [2.75, 3.05) is 36.9 Å². The van der Waals surface area contributed by atoms with Crippen LogP contribution in [-0.2, 0) is 9.59 Å². The third-order valence-corrected chi connectivity index (χ3v) is 5.17. The predicted octanol–water partition coefficient (Wildman–Crippen LogP) is -0.583. The van der Waals surface area contributed by atoms with Crippen LogP contribution in [0.5, 0.6) is 0 Å². The number of nitrogens with one attached hydrogen (secondary N) is 1. The maximum absolute atomic E-state index is 11.8. The number of aliphatic carboxylic acids is 1. The second-order valence-corrected chi connectivity index (χ2v) is 6.53. The number of rotatable bonds is 6. The smallest absolute Gasteiger partial charge is 0.323 e. The Labute approximate surface area is 119 Å². The van der Waals surface area contributed by atoms with Crippen LogP contribution in [-0.4, -0.2) is 70.1 Å². The highest BCUT2D eigenvalue weighted by Crippen LogP contribution is 2.23. The molecule has 0 saturated carbocycles. The fourth-order valence-electron chi connectivity index (χ4n) is 1.52. The molecule has 0 bridgehead atoms. The quantitative estimate of drug-likeness (QED) is 0.605. The van der Waals surface area contributed by atoms with Crippen LogP contribution < -0.4 is 11.1 Å². The summed E-state index contributed by atoms with van der Waals surface area (Å²) in [6.07, 6.45) is 0. The summed E-state index contributed by atoms with van der Waals surface area (Å²) in [6.45, 7) is -0.475. The summed E-state index contributed by atoms with van der Waals surface area (Å²) in [4.78, 5) is 34.1. The van der Waals surface area contributed by atoms with Gasteiger partial charge in [-0.15, -0.1) is 0 Å². The summed E-state index contributed by atoms with van der Waals surface area (Å²) in [6, 6.07) is -0.572. The van der Waals surface area contributed by atoms with Gasteiger partial charge in [-0.2, -0.15) is 23.5 Å². The van der Waals surface area contributed by atoms with Crippen molar-refractivity contribution in [2.45, 2.75) is 5.25 Å². The first-order chi connectivity index (χ1) is 8.99. The van der Waals surface area contributed by atoms with Gasteiger partial charge < -0.3 is 21.1 Å². The minimum Gasteiger partial charge on any atom is -0.480 e. The topological polar surface area (TPSA) is 113 Å². The highest BCUT2D eigenvalue weighted by atomic mass is 32.2. The molecule has 0 aromatic rings. The Morgan fingerprint density at radius 1 is 1.32 bits per heavy atom. The average molecular weight is 307 g/mol. The summed E-state index contributed by atoms with van der Waals surface area (Å²) < 4.78 is 0. The lowest BCUT2D eigenvalue weighted by atomic mass is 10.4. The van der Waals surface area contributed by atoms with Gasteiger partial charge in [0, 0.05) is 29.1 Å². The van der Waals surface area contributed by atoms with Gasteiger partial charge in [0.05, 0.1) is 0 Å². The molecule has 7 nitrogen and oxygen atoms in total. The molecule has 0 spiro atoms. The van der Waals surface area contributed by atoms with Crippen LogP contribution >= 0.6 is 23.5 Å². The van der Waals surface area contributed by atoms with Crippen LogP contribution in [0, 0.1) is 0 Å². The van der Waals surface area contributed by atoms with Gasteiger partial charge in [-0.25, -0.2) is 4.79 Å². The average Bonchev–Trinajstić information content (AvgIpc) is 2.35. The van der Waals surface area contributed by atoms with Gasteiger partial charge in [0.25, 0.3) is 0 Å². The lowest BCUT2D eigenvalue weighted by Crippen LogP contribution is -2.48. The molecular weight excluding hydrogens is 290 g/mol. The first-order valence-corrected chi connectivity index (χ1v) is 7.91. The number of nitrogens with zero attached hydrogens (tertiary/aromatic N) is 1. The van der Waals surface area contributed by atoms with Gasteiger partial charge in [-0.1, -0.05) is 0 Å². The monoisotopic (exact) mass is 307 g/mol. The maximum atomic E-state index is 11.8. The first-order valence-electron chi connectivity index (χ1n) is 5.71. The number of hydrogen-bond donors (Lipinski definition) is 3. The highest BCUT2D eigenvalue weighted by Gasteiger charge is 2.20. The lowest BCUT2D eigenvalue weighted by Gasteiger charge is -2.24. The second kappa shape index (κ2) is 8.16. The molecule has 1 saturated heterocycles. The third kappa shape index (κ3) is 6.58. The van der Waals surface area contributed by atoms with Gasteiger partial charge >= 0.3 is 12.0 Å². The van der Waals surface area contributed by atoms with E-state index in [9.17, 15) is 14.4 Å². The number of carbonyl (C=O) groups excluding carboxylic acids is 2. The fourth-order valence-corrected chi connectivity index (χ4v) is 4.13.